The molecule has 3 aromatic carbocycles. The van der Waals surface area contributed by atoms with Crippen LogP contribution in [0.5, 0.6) is 0 Å². The number of aromatic nitrogens is 4. The summed E-state index contributed by atoms with van der Waals surface area (Å²) >= 11 is 0. The van der Waals surface area contributed by atoms with E-state index in [2.05, 4.69) is 39.1 Å². The minimum Gasteiger partial charge on any atom is -0.334 e. The number of nitro groups is 1. The lowest BCUT2D eigenvalue weighted by Gasteiger charge is -2.04. The molecule has 0 bridgehead atoms. The van der Waals surface area contributed by atoms with Gasteiger partial charge in [0.25, 0.3) is 5.69 Å². The predicted molar refractivity (Wildman–Crippen MR) is 107 cm³/mol. The van der Waals surface area contributed by atoms with Gasteiger partial charge >= 0.3 is 0 Å². The Balaban J connectivity index is 1.53. The summed E-state index contributed by atoms with van der Waals surface area (Å²) in [5.74, 6) is 0. The molecule has 0 aliphatic rings. The lowest BCUT2D eigenvalue weighted by Crippen LogP contribution is -1.99. The van der Waals surface area contributed by atoms with E-state index < -0.39 is 4.92 Å². The summed E-state index contributed by atoms with van der Waals surface area (Å²) in [5.41, 5.74) is 3.88. The molecule has 0 spiro atoms. The van der Waals surface area contributed by atoms with Crippen LogP contribution in [0.2, 0.25) is 0 Å². The number of nitrogens with zero attached hydrogens (tertiary/aromatic N) is 5. The fourth-order valence-corrected chi connectivity index (χ4v) is 3.56. The summed E-state index contributed by atoms with van der Waals surface area (Å²) in [6.07, 6.45) is 1.85. The normalized spacial score (nSPS) is 11.3. The Labute approximate surface area is 159 Å². The standard InChI is InChI=1S/C21H15N5O2/c27-26(28)17-11-9-16(10-12-17)25-14-15(22-23-25)13-24-20-7-3-1-5-18(20)19-6-2-4-8-21(19)24/h1-12,14H,13H2. The van der Waals surface area contributed by atoms with E-state index >= 15 is 0 Å². The highest BCUT2D eigenvalue weighted by Gasteiger charge is 2.12. The predicted octanol–water partition coefficient (Wildman–Crippen LogP) is 4.33. The van der Waals surface area contributed by atoms with Crippen molar-refractivity contribution < 1.29 is 4.92 Å². The second-order valence-electron chi connectivity index (χ2n) is 6.55. The number of non-ortho nitro benzene ring substituents is 1. The molecule has 0 amide bonds. The Morgan fingerprint density at radius 2 is 1.46 bits per heavy atom. The van der Waals surface area contributed by atoms with Crippen LogP contribution in [0, 0.1) is 10.1 Å². The number of hydrogen-bond acceptors (Lipinski definition) is 4. The van der Waals surface area contributed by atoms with Crippen LogP contribution in [-0.2, 0) is 6.54 Å². The van der Waals surface area contributed by atoms with Gasteiger partial charge in [-0.3, -0.25) is 10.1 Å². The average molecular weight is 369 g/mol. The number of nitro benzene ring substituents is 1. The lowest BCUT2D eigenvalue weighted by molar-refractivity contribution is -0.384. The molecule has 5 rings (SSSR count). The van der Waals surface area contributed by atoms with Gasteiger partial charge in [-0.05, 0) is 24.3 Å². The Morgan fingerprint density at radius 1 is 0.857 bits per heavy atom. The smallest absolute Gasteiger partial charge is 0.269 e. The van der Waals surface area contributed by atoms with Crippen molar-refractivity contribution in [2.45, 2.75) is 6.54 Å². The molecule has 5 aromatic rings. The molecule has 0 unspecified atom stereocenters. The van der Waals surface area contributed by atoms with E-state index in [1.165, 1.54) is 22.9 Å². The molecule has 7 nitrogen and oxygen atoms in total. The van der Waals surface area contributed by atoms with E-state index in [4.69, 9.17) is 0 Å². The van der Waals surface area contributed by atoms with Crippen molar-refractivity contribution in [3.05, 3.63) is 94.8 Å². The van der Waals surface area contributed by atoms with Gasteiger partial charge in [0, 0.05) is 33.9 Å². The van der Waals surface area contributed by atoms with E-state index in [-0.39, 0.29) is 5.69 Å². The molecular weight excluding hydrogens is 354 g/mol. The molecule has 28 heavy (non-hydrogen) atoms. The van der Waals surface area contributed by atoms with Crippen LogP contribution in [0.4, 0.5) is 5.69 Å². The zero-order valence-corrected chi connectivity index (χ0v) is 14.8. The maximum absolute atomic E-state index is 10.8. The Hall–Kier alpha value is -4.00. The maximum Gasteiger partial charge on any atom is 0.269 e. The fraction of sp³-hybridized carbons (Fsp3) is 0.0476. The quantitative estimate of drug-likeness (QED) is 0.349. The van der Waals surface area contributed by atoms with Gasteiger partial charge in [0.1, 0.15) is 5.69 Å². The van der Waals surface area contributed by atoms with Gasteiger partial charge in [-0.15, -0.1) is 5.10 Å². The zero-order chi connectivity index (χ0) is 19.1. The van der Waals surface area contributed by atoms with Gasteiger partial charge in [-0.1, -0.05) is 41.6 Å². The molecule has 7 heteroatoms. The van der Waals surface area contributed by atoms with Crippen LogP contribution in [-0.4, -0.2) is 24.5 Å². The third kappa shape index (κ3) is 2.61. The third-order valence-electron chi connectivity index (χ3n) is 4.87. The minimum atomic E-state index is -0.418. The Morgan fingerprint density at radius 3 is 2.07 bits per heavy atom. The van der Waals surface area contributed by atoms with E-state index in [1.54, 1.807) is 16.8 Å². The zero-order valence-electron chi connectivity index (χ0n) is 14.8. The van der Waals surface area contributed by atoms with Gasteiger partial charge in [-0.25, -0.2) is 4.68 Å². The number of fused-ring (bicyclic) bond motifs is 3. The maximum atomic E-state index is 10.8. The van der Waals surface area contributed by atoms with Crippen LogP contribution in [0.25, 0.3) is 27.5 Å². The van der Waals surface area contributed by atoms with Crippen molar-refractivity contribution in [1.29, 1.82) is 0 Å². The van der Waals surface area contributed by atoms with E-state index in [1.807, 2.05) is 30.5 Å². The second kappa shape index (κ2) is 6.31. The van der Waals surface area contributed by atoms with Crippen molar-refractivity contribution >= 4 is 27.5 Å². The van der Waals surface area contributed by atoms with Crippen molar-refractivity contribution in [1.82, 2.24) is 19.6 Å². The summed E-state index contributed by atoms with van der Waals surface area (Å²) in [4.78, 5) is 10.4. The Kier molecular flexibility index (Phi) is 3.65. The number of rotatable bonds is 4. The third-order valence-corrected chi connectivity index (χ3v) is 4.87. The average Bonchev–Trinajstić information content (AvgIpc) is 3.32. The Bertz CT molecular complexity index is 1260. The van der Waals surface area contributed by atoms with Crippen LogP contribution in [0.1, 0.15) is 5.69 Å². The molecule has 0 radical (unpaired) electrons. The van der Waals surface area contributed by atoms with Gasteiger partial charge in [-0.2, -0.15) is 0 Å². The molecular formula is C21H15N5O2. The first-order chi connectivity index (χ1) is 13.7. The summed E-state index contributed by atoms with van der Waals surface area (Å²) in [5, 5.41) is 21.7. The number of para-hydroxylation sites is 2. The second-order valence-corrected chi connectivity index (χ2v) is 6.55. The van der Waals surface area contributed by atoms with Crippen LogP contribution in [0.15, 0.2) is 79.0 Å². The highest BCUT2D eigenvalue weighted by molar-refractivity contribution is 6.08. The van der Waals surface area contributed by atoms with Gasteiger partial charge < -0.3 is 4.57 Å². The first-order valence-electron chi connectivity index (χ1n) is 8.83. The molecule has 0 atom stereocenters. The van der Waals surface area contributed by atoms with Gasteiger partial charge in [0.05, 0.1) is 23.4 Å². The number of hydrogen-bond donors (Lipinski definition) is 0. The molecule has 2 heterocycles. The highest BCUT2D eigenvalue weighted by Crippen LogP contribution is 2.29. The molecule has 0 fully saturated rings. The van der Waals surface area contributed by atoms with Gasteiger partial charge in [0.2, 0.25) is 0 Å². The minimum absolute atomic E-state index is 0.0503. The molecule has 136 valence electrons. The molecule has 0 N–H and O–H groups in total. The van der Waals surface area contributed by atoms with E-state index in [9.17, 15) is 10.1 Å². The summed E-state index contributed by atoms with van der Waals surface area (Å²) in [6, 6.07) is 22.9. The molecule has 0 aliphatic heterocycles. The number of benzene rings is 3. The topological polar surface area (TPSA) is 78.8 Å². The summed E-state index contributed by atoms with van der Waals surface area (Å²) in [7, 11) is 0. The van der Waals surface area contributed by atoms with Crippen molar-refractivity contribution in [3.8, 4) is 5.69 Å². The molecule has 0 aliphatic carbocycles. The monoisotopic (exact) mass is 369 g/mol. The first kappa shape index (κ1) is 16.2. The van der Waals surface area contributed by atoms with E-state index in [0.29, 0.717) is 6.54 Å². The van der Waals surface area contributed by atoms with Crippen LogP contribution in [0.3, 0.4) is 0 Å². The molecule has 0 saturated heterocycles. The van der Waals surface area contributed by atoms with E-state index in [0.717, 1.165) is 22.4 Å². The van der Waals surface area contributed by atoms with Crippen molar-refractivity contribution in [2.75, 3.05) is 0 Å². The van der Waals surface area contributed by atoms with Crippen molar-refractivity contribution in [3.63, 3.8) is 0 Å². The largest absolute Gasteiger partial charge is 0.334 e. The van der Waals surface area contributed by atoms with Crippen LogP contribution >= 0.6 is 0 Å². The molecule has 2 aromatic heterocycles. The summed E-state index contributed by atoms with van der Waals surface area (Å²) in [6.45, 7) is 0.584. The fourth-order valence-electron chi connectivity index (χ4n) is 3.56. The summed E-state index contributed by atoms with van der Waals surface area (Å²) < 4.78 is 3.86. The van der Waals surface area contributed by atoms with Crippen molar-refractivity contribution in [2.24, 2.45) is 0 Å². The first-order valence-corrected chi connectivity index (χ1v) is 8.83. The highest BCUT2D eigenvalue weighted by atomic mass is 16.6. The SMILES string of the molecule is O=[N+]([O-])c1ccc(-n2cc(Cn3c4ccccc4c4ccccc43)nn2)cc1. The molecule has 0 saturated carbocycles. The van der Waals surface area contributed by atoms with Crippen LogP contribution < -0.4 is 0 Å². The van der Waals surface area contributed by atoms with Gasteiger partial charge in [0.15, 0.2) is 0 Å². The lowest BCUT2D eigenvalue weighted by atomic mass is 10.2.